The molecule has 1 fully saturated rings. The van der Waals surface area contributed by atoms with E-state index in [2.05, 4.69) is 19.9 Å². The van der Waals surface area contributed by atoms with Crippen molar-refractivity contribution in [2.24, 2.45) is 5.41 Å². The first-order valence-corrected chi connectivity index (χ1v) is 10.9. The third-order valence-corrected chi connectivity index (χ3v) is 6.46. The fraction of sp³-hybridized carbons (Fsp3) is 0.480. The van der Waals surface area contributed by atoms with E-state index in [1.54, 1.807) is 19.1 Å². The first-order chi connectivity index (χ1) is 14.2. The number of benzene rings is 2. The van der Waals surface area contributed by atoms with Crippen molar-refractivity contribution in [3.05, 3.63) is 70.5 Å². The van der Waals surface area contributed by atoms with Crippen molar-refractivity contribution in [3.63, 3.8) is 0 Å². The Morgan fingerprint density at radius 3 is 2.50 bits per heavy atom. The Bertz CT molecular complexity index is 868. The molecule has 3 rings (SSSR count). The molecule has 1 aliphatic rings. The van der Waals surface area contributed by atoms with Crippen LogP contribution in [0.5, 0.6) is 0 Å². The molecule has 0 aromatic heterocycles. The Morgan fingerprint density at radius 1 is 1.17 bits per heavy atom. The monoisotopic (exact) mass is 431 g/mol. The summed E-state index contributed by atoms with van der Waals surface area (Å²) in [5.41, 5.74) is 1.87. The van der Waals surface area contributed by atoms with Gasteiger partial charge in [-0.05, 0) is 74.3 Å². The first-order valence-electron chi connectivity index (χ1n) is 10.6. The van der Waals surface area contributed by atoms with E-state index in [-0.39, 0.29) is 22.7 Å². The lowest BCUT2D eigenvalue weighted by atomic mass is 9.68. The molecule has 0 unspecified atom stereocenters. The Hall–Kier alpha value is -1.91. The summed E-state index contributed by atoms with van der Waals surface area (Å²) in [7, 11) is 0. The summed E-state index contributed by atoms with van der Waals surface area (Å²) in [5, 5.41) is 0.788. The van der Waals surface area contributed by atoms with Crippen LogP contribution in [0.15, 0.2) is 48.5 Å². The van der Waals surface area contributed by atoms with Crippen LogP contribution >= 0.6 is 11.6 Å². The van der Waals surface area contributed by atoms with E-state index in [9.17, 15) is 9.18 Å². The van der Waals surface area contributed by atoms with Crippen LogP contribution in [0.2, 0.25) is 5.02 Å². The fourth-order valence-electron chi connectivity index (χ4n) is 4.61. The van der Waals surface area contributed by atoms with Crippen molar-refractivity contribution in [2.75, 3.05) is 13.2 Å². The molecule has 1 saturated heterocycles. The van der Waals surface area contributed by atoms with Crippen molar-refractivity contribution in [1.82, 2.24) is 4.90 Å². The zero-order valence-electron chi connectivity index (χ0n) is 18.1. The van der Waals surface area contributed by atoms with Crippen molar-refractivity contribution in [3.8, 4) is 0 Å². The number of amides is 1. The van der Waals surface area contributed by atoms with Crippen LogP contribution in [0.1, 0.15) is 51.2 Å². The molecule has 30 heavy (non-hydrogen) atoms. The second kappa shape index (κ2) is 9.49. The van der Waals surface area contributed by atoms with Crippen LogP contribution in [0.4, 0.5) is 4.39 Å². The van der Waals surface area contributed by atoms with Crippen LogP contribution in [0.3, 0.4) is 0 Å². The summed E-state index contributed by atoms with van der Waals surface area (Å²) in [6.07, 6.45) is 3.57. The summed E-state index contributed by atoms with van der Waals surface area (Å²) in [6, 6.07) is 14.4. The molecule has 5 heteroatoms. The summed E-state index contributed by atoms with van der Waals surface area (Å²) < 4.78 is 19.2. The standard InChI is InChI=1S/C25H31ClFNO2/c1-19(29)28(17-20-8-10-22(27)11-9-20)14-12-25(13-15-30-24(2,3)18-25)16-21-6-4-5-7-23(21)26/h4-11H,12-18H2,1-3H3/t25-/m0/s1. The molecule has 0 aliphatic carbocycles. The number of ether oxygens (including phenoxy) is 1. The van der Waals surface area contributed by atoms with Crippen molar-refractivity contribution in [2.45, 2.75) is 58.6 Å². The van der Waals surface area contributed by atoms with Crippen molar-refractivity contribution < 1.29 is 13.9 Å². The smallest absolute Gasteiger partial charge is 0.219 e. The van der Waals surface area contributed by atoms with Gasteiger partial charge in [0.15, 0.2) is 0 Å². The van der Waals surface area contributed by atoms with Crippen LogP contribution in [-0.4, -0.2) is 29.6 Å². The second-order valence-electron chi connectivity index (χ2n) is 9.12. The molecule has 0 spiro atoms. The van der Waals surface area contributed by atoms with Gasteiger partial charge < -0.3 is 9.64 Å². The number of carbonyl (C=O) groups is 1. The van der Waals surface area contributed by atoms with Gasteiger partial charge in [-0.2, -0.15) is 0 Å². The molecular formula is C25H31ClFNO2. The quantitative estimate of drug-likeness (QED) is 0.535. The summed E-state index contributed by atoms with van der Waals surface area (Å²) >= 11 is 6.48. The lowest BCUT2D eigenvalue weighted by Crippen LogP contribution is -2.44. The predicted octanol–water partition coefficient (Wildman–Crippen LogP) is 6.04. The van der Waals surface area contributed by atoms with Crippen LogP contribution in [0.25, 0.3) is 0 Å². The van der Waals surface area contributed by atoms with E-state index in [4.69, 9.17) is 16.3 Å². The molecular weight excluding hydrogens is 401 g/mol. The van der Waals surface area contributed by atoms with E-state index in [0.717, 1.165) is 41.8 Å². The zero-order valence-corrected chi connectivity index (χ0v) is 18.8. The molecule has 1 heterocycles. The van der Waals surface area contributed by atoms with Crippen LogP contribution < -0.4 is 0 Å². The molecule has 0 bridgehead atoms. The Labute approximate surface area is 184 Å². The van der Waals surface area contributed by atoms with Gasteiger partial charge in [-0.3, -0.25) is 4.79 Å². The summed E-state index contributed by atoms with van der Waals surface area (Å²) in [6.45, 7) is 7.70. The number of hydrogen-bond donors (Lipinski definition) is 0. The van der Waals surface area contributed by atoms with Crippen LogP contribution in [0, 0.1) is 11.2 Å². The molecule has 1 atom stereocenters. The van der Waals surface area contributed by atoms with Gasteiger partial charge in [0, 0.05) is 31.6 Å². The molecule has 0 saturated carbocycles. The first kappa shape index (κ1) is 22.8. The summed E-state index contributed by atoms with van der Waals surface area (Å²) in [5.74, 6) is -0.241. The largest absolute Gasteiger partial charge is 0.376 e. The highest BCUT2D eigenvalue weighted by molar-refractivity contribution is 6.31. The van der Waals surface area contributed by atoms with E-state index >= 15 is 0 Å². The zero-order chi connectivity index (χ0) is 21.8. The Kier molecular flexibility index (Phi) is 7.20. The number of nitrogens with zero attached hydrogens (tertiary/aromatic N) is 1. The lowest BCUT2D eigenvalue weighted by molar-refractivity contribution is -0.131. The van der Waals surface area contributed by atoms with Crippen molar-refractivity contribution in [1.29, 1.82) is 0 Å². The normalized spacial score (nSPS) is 20.7. The average Bonchev–Trinajstić information content (AvgIpc) is 2.67. The van der Waals surface area contributed by atoms with E-state index in [1.807, 2.05) is 23.1 Å². The van der Waals surface area contributed by atoms with Gasteiger partial charge in [-0.15, -0.1) is 0 Å². The van der Waals surface area contributed by atoms with Gasteiger partial charge in [0.25, 0.3) is 0 Å². The number of halogens is 2. The van der Waals surface area contributed by atoms with Gasteiger partial charge in [0.2, 0.25) is 5.91 Å². The van der Waals surface area contributed by atoms with Crippen LogP contribution in [-0.2, 0) is 22.5 Å². The fourth-order valence-corrected chi connectivity index (χ4v) is 4.82. The van der Waals surface area contributed by atoms with E-state index in [1.165, 1.54) is 12.1 Å². The van der Waals surface area contributed by atoms with Gasteiger partial charge >= 0.3 is 0 Å². The Morgan fingerprint density at radius 2 is 1.87 bits per heavy atom. The minimum absolute atomic E-state index is 0.00321. The average molecular weight is 432 g/mol. The SMILES string of the molecule is CC(=O)N(CC[C@@]1(Cc2ccccc2Cl)CCOC(C)(C)C1)Cc1ccc(F)cc1. The second-order valence-corrected chi connectivity index (χ2v) is 9.53. The number of rotatable bonds is 7. The molecule has 1 amide bonds. The van der Waals surface area contributed by atoms with Gasteiger partial charge in [0.1, 0.15) is 5.82 Å². The number of hydrogen-bond acceptors (Lipinski definition) is 2. The molecule has 3 nitrogen and oxygen atoms in total. The third kappa shape index (κ3) is 6.05. The topological polar surface area (TPSA) is 29.5 Å². The Balaban J connectivity index is 1.78. The van der Waals surface area contributed by atoms with E-state index in [0.29, 0.717) is 19.7 Å². The number of carbonyl (C=O) groups excluding carboxylic acids is 1. The molecule has 0 radical (unpaired) electrons. The maximum Gasteiger partial charge on any atom is 0.219 e. The highest BCUT2D eigenvalue weighted by Crippen LogP contribution is 2.45. The van der Waals surface area contributed by atoms with E-state index < -0.39 is 0 Å². The molecule has 0 N–H and O–H groups in total. The molecule has 2 aromatic carbocycles. The molecule has 2 aromatic rings. The van der Waals surface area contributed by atoms with Gasteiger partial charge in [0.05, 0.1) is 5.60 Å². The maximum atomic E-state index is 13.2. The predicted molar refractivity (Wildman–Crippen MR) is 119 cm³/mol. The lowest BCUT2D eigenvalue weighted by Gasteiger charge is -2.46. The highest BCUT2D eigenvalue weighted by Gasteiger charge is 2.41. The third-order valence-electron chi connectivity index (χ3n) is 6.09. The minimum Gasteiger partial charge on any atom is -0.376 e. The van der Waals surface area contributed by atoms with Crippen molar-refractivity contribution >= 4 is 17.5 Å². The maximum absolute atomic E-state index is 13.2. The van der Waals surface area contributed by atoms with Gasteiger partial charge in [-0.25, -0.2) is 4.39 Å². The molecule has 1 aliphatic heterocycles. The minimum atomic E-state index is -0.267. The summed E-state index contributed by atoms with van der Waals surface area (Å²) in [4.78, 5) is 14.2. The molecule has 162 valence electrons. The highest BCUT2D eigenvalue weighted by atomic mass is 35.5. The van der Waals surface area contributed by atoms with Gasteiger partial charge in [-0.1, -0.05) is 41.9 Å².